The molecule has 0 saturated heterocycles. The topological polar surface area (TPSA) is 98.8 Å². The highest BCUT2D eigenvalue weighted by molar-refractivity contribution is 6.55. The van der Waals surface area contributed by atoms with Gasteiger partial charge in [0.15, 0.2) is 12.4 Å². The van der Waals surface area contributed by atoms with Gasteiger partial charge in [-0.1, -0.05) is 23.2 Å². The molecule has 0 saturated carbocycles. The molecule has 0 bridgehead atoms. The third-order valence-corrected chi connectivity index (χ3v) is 4.96. The number of quaternary nitrogens is 1. The van der Waals surface area contributed by atoms with Crippen LogP contribution < -0.4 is 20.1 Å². The molecule has 11 heteroatoms. The first-order valence-corrected chi connectivity index (χ1v) is 11.3. The van der Waals surface area contributed by atoms with Gasteiger partial charge in [-0.3, -0.25) is 9.59 Å². The van der Waals surface area contributed by atoms with Gasteiger partial charge in [0.05, 0.1) is 45.5 Å². The number of carboxylic acid groups (broad SMARTS) is 1. The number of carbonyl (C=O) groups is 3. The molecule has 1 aromatic rings. The van der Waals surface area contributed by atoms with Gasteiger partial charge in [0.2, 0.25) is 0 Å². The number of aliphatic carboxylic acids is 1. The van der Waals surface area contributed by atoms with Gasteiger partial charge >= 0.3 is 0 Å². The highest BCUT2D eigenvalue weighted by Crippen LogP contribution is 2.37. The largest absolute Gasteiger partial charge is 0.545 e. The molecule has 8 nitrogen and oxygen atoms in total. The highest BCUT2D eigenvalue weighted by atomic mass is 35.5. The Kier molecular flexibility index (Phi) is 9.49. The number of fused-ring (bicyclic) bond motifs is 1. The Morgan fingerprint density at radius 3 is 2.32 bits per heavy atom. The molecule has 0 atom stereocenters. The van der Waals surface area contributed by atoms with Gasteiger partial charge in [-0.25, -0.2) is 4.39 Å². The lowest BCUT2D eigenvalue weighted by molar-refractivity contribution is -0.849. The van der Waals surface area contributed by atoms with Crippen molar-refractivity contribution in [2.45, 2.75) is 25.7 Å². The summed E-state index contributed by atoms with van der Waals surface area (Å²) in [6.07, 6.45) is 3.15. The SMILES string of the molecule is C[N+](C)(C)C.O=C([O-])C1=C(C(=O)Nc2cc3c(cc2F)OCC(=O)N3CC=C(Cl)Cl)CCCC1. The molecule has 0 radical (unpaired) electrons. The smallest absolute Gasteiger partial charge is 0.265 e. The number of hydrogen-bond donors (Lipinski definition) is 1. The molecule has 1 aliphatic carbocycles. The summed E-state index contributed by atoms with van der Waals surface area (Å²) in [5.74, 6) is -3.20. The molecule has 2 aliphatic rings. The number of benzene rings is 1. The fraction of sp³-hybridized carbons (Fsp3) is 0.435. The zero-order valence-electron chi connectivity index (χ0n) is 19.5. The minimum absolute atomic E-state index is 0.0243. The second-order valence-corrected chi connectivity index (χ2v) is 10.2. The molecular formula is C23H28Cl2FN3O5. The number of amides is 2. The standard InChI is InChI=1S/C19H17Cl2FN2O5.C4H12N/c20-16(21)5-6-24-14-8-13(12(22)7-15(14)29-9-17(24)25)23-18(26)10-3-1-2-4-11(10)19(27)28;1-5(2,3)4/h5,7-8H,1-4,6,9H2,(H,23,26)(H,27,28);1-4H3/q;+1/p-1. The van der Waals surface area contributed by atoms with E-state index in [0.29, 0.717) is 12.8 Å². The average Bonchev–Trinajstić information content (AvgIpc) is 2.72. The lowest BCUT2D eigenvalue weighted by Gasteiger charge is -2.29. The van der Waals surface area contributed by atoms with E-state index in [1.165, 1.54) is 17.0 Å². The minimum atomic E-state index is -1.41. The molecule has 1 aliphatic heterocycles. The predicted molar refractivity (Wildman–Crippen MR) is 127 cm³/mol. The maximum atomic E-state index is 14.5. The molecule has 1 aromatic carbocycles. The van der Waals surface area contributed by atoms with Crippen LogP contribution in [0.15, 0.2) is 33.8 Å². The molecule has 34 heavy (non-hydrogen) atoms. The van der Waals surface area contributed by atoms with E-state index in [1.807, 2.05) is 0 Å². The molecular weight excluding hydrogens is 488 g/mol. The van der Waals surface area contributed by atoms with Crippen LogP contribution in [0.25, 0.3) is 0 Å². The van der Waals surface area contributed by atoms with Gasteiger partial charge in [-0.05, 0) is 43.4 Å². The molecule has 0 fully saturated rings. The van der Waals surface area contributed by atoms with E-state index >= 15 is 0 Å². The Morgan fingerprint density at radius 1 is 1.18 bits per heavy atom. The van der Waals surface area contributed by atoms with E-state index < -0.39 is 23.6 Å². The third kappa shape index (κ3) is 8.00. The molecule has 0 aromatic heterocycles. The third-order valence-electron chi connectivity index (χ3n) is 4.66. The zero-order valence-corrected chi connectivity index (χ0v) is 21.1. The van der Waals surface area contributed by atoms with Gasteiger partial charge in [0, 0.05) is 18.2 Å². The van der Waals surface area contributed by atoms with Crippen molar-refractivity contribution in [2.75, 3.05) is 51.6 Å². The summed E-state index contributed by atoms with van der Waals surface area (Å²) < 4.78 is 20.7. The summed E-state index contributed by atoms with van der Waals surface area (Å²) in [4.78, 5) is 37.3. The van der Waals surface area contributed by atoms with Gasteiger partial charge < -0.3 is 29.3 Å². The monoisotopic (exact) mass is 515 g/mol. The van der Waals surface area contributed by atoms with E-state index in [2.05, 4.69) is 33.5 Å². The first-order chi connectivity index (χ1) is 15.8. The summed E-state index contributed by atoms with van der Waals surface area (Å²) in [5.41, 5.74) is -0.00106. The van der Waals surface area contributed by atoms with Crippen LogP contribution in [0.2, 0.25) is 0 Å². The van der Waals surface area contributed by atoms with Crippen molar-refractivity contribution in [3.05, 3.63) is 39.7 Å². The average molecular weight is 516 g/mol. The van der Waals surface area contributed by atoms with E-state index in [1.54, 1.807) is 0 Å². The predicted octanol–water partition coefficient (Wildman–Crippen LogP) is 2.75. The van der Waals surface area contributed by atoms with Gasteiger partial charge in [-0.15, -0.1) is 0 Å². The summed E-state index contributed by atoms with van der Waals surface area (Å²) in [6, 6.07) is 2.29. The molecule has 2 amide bonds. The quantitative estimate of drug-likeness (QED) is 0.607. The van der Waals surface area contributed by atoms with Crippen LogP contribution in [0.5, 0.6) is 5.75 Å². The highest BCUT2D eigenvalue weighted by Gasteiger charge is 2.28. The lowest BCUT2D eigenvalue weighted by atomic mass is 9.91. The second-order valence-electron chi connectivity index (χ2n) is 9.18. The number of ether oxygens (including phenoxy) is 1. The Labute approximate surface area is 208 Å². The van der Waals surface area contributed by atoms with Crippen LogP contribution in [0.4, 0.5) is 15.8 Å². The van der Waals surface area contributed by atoms with Crippen molar-refractivity contribution in [2.24, 2.45) is 0 Å². The number of halogens is 3. The molecule has 3 rings (SSSR count). The van der Waals surface area contributed by atoms with Crippen LogP contribution in [0.3, 0.4) is 0 Å². The summed E-state index contributed by atoms with van der Waals surface area (Å²) in [6.45, 7) is -0.260. The van der Waals surface area contributed by atoms with Crippen LogP contribution in [-0.4, -0.2) is 63.6 Å². The summed E-state index contributed by atoms with van der Waals surface area (Å²) >= 11 is 11.2. The Hall–Kier alpha value is -2.62. The molecule has 1 heterocycles. The van der Waals surface area contributed by atoms with Crippen LogP contribution in [0, 0.1) is 5.82 Å². The maximum absolute atomic E-state index is 14.5. The normalized spacial score (nSPS) is 15.5. The maximum Gasteiger partial charge on any atom is 0.265 e. The van der Waals surface area contributed by atoms with Crippen molar-refractivity contribution < 1.29 is 33.1 Å². The van der Waals surface area contributed by atoms with E-state index in [9.17, 15) is 23.9 Å². The minimum Gasteiger partial charge on any atom is -0.545 e. The fourth-order valence-electron chi connectivity index (χ4n) is 3.26. The number of hydrogen-bond acceptors (Lipinski definition) is 5. The Bertz CT molecular complexity index is 1020. The Morgan fingerprint density at radius 2 is 1.76 bits per heavy atom. The Balaban J connectivity index is 0.000000739. The molecule has 0 spiro atoms. The number of nitrogens with zero attached hydrogens (tertiary/aromatic N) is 2. The fourth-order valence-corrected chi connectivity index (χ4v) is 3.40. The van der Waals surface area contributed by atoms with Crippen molar-refractivity contribution in [1.82, 2.24) is 0 Å². The van der Waals surface area contributed by atoms with Crippen molar-refractivity contribution >= 4 is 52.4 Å². The number of carboxylic acids is 1. The molecule has 186 valence electrons. The van der Waals surface area contributed by atoms with Gasteiger partial charge in [-0.2, -0.15) is 0 Å². The number of carbonyl (C=O) groups excluding carboxylic acids is 3. The lowest BCUT2D eigenvalue weighted by Crippen LogP contribution is -2.39. The van der Waals surface area contributed by atoms with E-state index in [-0.39, 0.29) is 58.8 Å². The van der Waals surface area contributed by atoms with Gasteiger partial charge in [0.25, 0.3) is 11.8 Å². The van der Waals surface area contributed by atoms with Crippen molar-refractivity contribution in [3.8, 4) is 5.75 Å². The van der Waals surface area contributed by atoms with Crippen molar-refractivity contribution in [1.29, 1.82) is 0 Å². The number of rotatable bonds is 5. The van der Waals surface area contributed by atoms with E-state index in [4.69, 9.17) is 27.9 Å². The van der Waals surface area contributed by atoms with E-state index in [0.717, 1.165) is 10.5 Å². The number of nitrogens with one attached hydrogen (secondary N) is 1. The van der Waals surface area contributed by atoms with Gasteiger partial charge in [0.1, 0.15) is 10.2 Å². The zero-order chi connectivity index (χ0) is 25.6. The van der Waals surface area contributed by atoms with Crippen LogP contribution >= 0.6 is 23.2 Å². The summed E-state index contributed by atoms with van der Waals surface area (Å²) in [7, 11) is 8.50. The van der Waals surface area contributed by atoms with Crippen LogP contribution in [0.1, 0.15) is 25.7 Å². The second kappa shape index (κ2) is 11.7. The van der Waals surface area contributed by atoms with Crippen molar-refractivity contribution in [3.63, 3.8) is 0 Å². The first-order valence-electron chi connectivity index (χ1n) is 10.6. The first kappa shape index (κ1) is 27.6. The number of anilines is 2. The summed E-state index contributed by atoms with van der Waals surface area (Å²) in [5, 5.41) is 13.7. The molecule has 0 unspecified atom stereocenters. The molecule has 1 N–H and O–H groups in total. The van der Waals surface area contributed by atoms with Crippen LogP contribution in [-0.2, 0) is 14.4 Å².